The average Bonchev–Trinajstić information content (AvgIpc) is 2.84. The van der Waals surface area contributed by atoms with E-state index in [9.17, 15) is 9.50 Å². The van der Waals surface area contributed by atoms with Crippen LogP contribution in [0, 0.1) is 5.82 Å². The summed E-state index contributed by atoms with van der Waals surface area (Å²) in [5.74, 6) is 0.287. The van der Waals surface area contributed by atoms with Crippen LogP contribution >= 0.6 is 15.9 Å². The van der Waals surface area contributed by atoms with E-state index in [2.05, 4.69) is 25.9 Å². The van der Waals surface area contributed by atoms with Gasteiger partial charge in [0.05, 0.1) is 11.0 Å². The summed E-state index contributed by atoms with van der Waals surface area (Å²) in [4.78, 5) is 10.4. The van der Waals surface area contributed by atoms with E-state index >= 15 is 0 Å². The number of anilines is 1. The first kappa shape index (κ1) is 13.5. The third-order valence-corrected chi connectivity index (χ3v) is 3.93. The molecule has 0 bridgehead atoms. The Labute approximate surface area is 124 Å². The number of hydrogen-bond donors (Lipinski definition) is 1. The van der Waals surface area contributed by atoms with Gasteiger partial charge in [0.1, 0.15) is 11.4 Å². The van der Waals surface area contributed by atoms with E-state index in [0.717, 1.165) is 10.0 Å². The van der Waals surface area contributed by atoms with Crippen molar-refractivity contribution in [3.63, 3.8) is 0 Å². The Morgan fingerprint density at radius 2 is 1.85 bits per heavy atom. The number of halogens is 2. The lowest BCUT2D eigenvalue weighted by molar-refractivity contribution is 0.0605. The summed E-state index contributed by atoms with van der Waals surface area (Å²) in [5, 5.41) is 10.7. The van der Waals surface area contributed by atoms with E-state index in [-0.39, 0.29) is 5.82 Å². The number of benzene rings is 1. The highest BCUT2D eigenvalue weighted by molar-refractivity contribution is 9.10. The molecule has 0 aliphatic carbocycles. The molecule has 1 aromatic heterocycles. The van der Waals surface area contributed by atoms with Crippen LogP contribution in [0.2, 0.25) is 0 Å². The largest absolute Gasteiger partial charge is 0.383 e. The van der Waals surface area contributed by atoms with Crippen LogP contribution < -0.4 is 4.90 Å². The van der Waals surface area contributed by atoms with E-state index in [0.29, 0.717) is 25.5 Å². The van der Waals surface area contributed by atoms with Crippen LogP contribution in [0.5, 0.6) is 0 Å². The summed E-state index contributed by atoms with van der Waals surface area (Å²) in [5.41, 5.74) is -0.261. The molecule has 1 fully saturated rings. The Kier molecular flexibility index (Phi) is 3.43. The Balaban J connectivity index is 1.81. The smallest absolute Gasteiger partial charge is 0.225 e. The minimum atomic E-state index is -0.982. The van der Waals surface area contributed by atoms with Gasteiger partial charge in [-0.1, -0.05) is 12.1 Å². The number of rotatable bonds is 2. The molecule has 104 valence electrons. The Bertz CT molecular complexity index is 605. The van der Waals surface area contributed by atoms with Crippen molar-refractivity contribution in [2.45, 2.75) is 12.0 Å². The standard InChI is InChI=1S/C14H13BrFN3O/c15-11-7-17-13(18-8-11)19-6-5-14(20,9-19)10-1-3-12(16)4-2-10/h1-4,7-8,20H,5-6,9H2. The Morgan fingerprint density at radius 3 is 2.50 bits per heavy atom. The van der Waals surface area contributed by atoms with Crippen LogP contribution in [-0.2, 0) is 5.60 Å². The molecule has 20 heavy (non-hydrogen) atoms. The van der Waals surface area contributed by atoms with Crippen LogP contribution in [0.4, 0.5) is 10.3 Å². The van der Waals surface area contributed by atoms with Gasteiger partial charge in [0.2, 0.25) is 5.95 Å². The summed E-state index contributed by atoms with van der Waals surface area (Å²) >= 11 is 3.29. The van der Waals surface area contributed by atoms with Crippen molar-refractivity contribution in [2.75, 3.05) is 18.0 Å². The van der Waals surface area contributed by atoms with Crippen molar-refractivity contribution in [2.24, 2.45) is 0 Å². The fraction of sp³-hybridized carbons (Fsp3) is 0.286. The predicted molar refractivity (Wildman–Crippen MR) is 76.9 cm³/mol. The fourth-order valence-electron chi connectivity index (χ4n) is 2.43. The zero-order valence-corrected chi connectivity index (χ0v) is 12.2. The van der Waals surface area contributed by atoms with Crippen LogP contribution in [0.3, 0.4) is 0 Å². The molecule has 0 spiro atoms. The van der Waals surface area contributed by atoms with Crippen molar-refractivity contribution in [1.82, 2.24) is 9.97 Å². The Hall–Kier alpha value is -1.53. The average molecular weight is 338 g/mol. The number of β-amino-alcohol motifs (C(OH)–C–C–N with tert-alkyl or cyclic N) is 1. The maximum atomic E-state index is 13.0. The van der Waals surface area contributed by atoms with Gasteiger partial charge >= 0.3 is 0 Å². The molecule has 1 saturated heterocycles. The topological polar surface area (TPSA) is 49.2 Å². The van der Waals surface area contributed by atoms with Gasteiger partial charge in [0, 0.05) is 18.9 Å². The van der Waals surface area contributed by atoms with Crippen LogP contribution in [-0.4, -0.2) is 28.2 Å². The molecule has 0 radical (unpaired) electrons. The summed E-state index contributed by atoms with van der Waals surface area (Å²) in [6.07, 6.45) is 3.92. The van der Waals surface area contributed by atoms with Crippen LogP contribution in [0.25, 0.3) is 0 Å². The quantitative estimate of drug-likeness (QED) is 0.914. The van der Waals surface area contributed by atoms with Gasteiger partial charge in [0.25, 0.3) is 0 Å². The molecule has 0 amide bonds. The molecule has 1 aliphatic rings. The molecule has 1 aromatic carbocycles. The maximum absolute atomic E-state index is 13.0. The summed E-state index contributed by atoms with van der Waals surface area (Å²) in [7, 11) is 0. The van der Waals surface area contributed by atoms with Gasteiger partial charge in [-0.2, -0.15) is 0 Å². The SMILES string of the molecule is OC1(c2ccc(F)cc2)CCN(c2ncc(Br)cn2)C1. The minimum absolute atomic E-state index is 0.302. The van der Waals surface area contributed by atoms with Crippen molar-refractivity contribution in [3.05, 3.63) is 52.5 Å². The van der Waals surface area contributed by atoms with Crippen molar-refractivity contribution in [1.29, 1.82) is 0 Å². The summed E-state index contributed by atoms with van der Waals surface area (Å²) in [6.45, 7) is 1.07. The van der Waals surface area contributed by atoms with Gasteiger partial charge in [0.15, 0.2) is 0 Å². The third kappa shape index (κ3) is 2.53. The van der Waals surface area contributed by atoms with Gasteiger partial charge in [-0.3, -0.25) is 0 Å². The molecule has 1 aliphatic heterocycles. The van der Waals surface area contributed by atoms with E-state index in [1.807, 2.05) is 4.90 Å². The molecular weight excluding hydrogens is 325 g/mol. The lowest BCUT2D eigenvalue weighted by atomic mass is 9.93. The molecule has 2 aromatic rings. The van der Waals surface area contributed by atoms with E-state index in [1.165, 1.54) is 12.1 Å². The second kappa shape index (κ2) is 5.10. The second-order valence-corrected chi connectivity index (χ2v) is 5.83. The summed E-state index contributed by atoms with van der Waals surface area (Å²) < 4.78 is 13.8. The molecular formula is C14H13BrFN3O. The Morgan fingerprint density at radius 1 is 1.20 bits per heavy atom. The zero-order valence-electron chi connectivity index (χ0n) is 10.6. The molecule has 4 nitrogen and oxygen atoms in total. The number of hydrogen-bond acceptors (Lipinski definition) is 4. The maximum Gasteiger partial charge on any atom is 0.225 e. The lowest BCUT2D eigenvalue weighted by Gasteiger charge is -2.23. The van der Waals surface area contributed by atoms with E-state index in [4.69, 9.17) is 0 Å². The van der Waals surface area contributed by atoms with Crippen molar-refractivity contribution >= 4 is 21.9 Å². The molecule has 3 rings (SSSR count). The fourth-order valence-corrected chi connectivity index (χ4v) is 2.63. The minimum Gasteiger partial charge on any atom is -0.383 e. The molecule has 1 atom stereocenters. The highest BCUT2D eigenvalue weighted by atomic mass is 79.9. The number of aliphatic hydroxyl groups is 1. The van der Waals surface area contributed by atoms with Crippen LogP contribution in [0.15, 0.2) is 41.1 Å². The van der Waals surface area contributed by atoms with E-state index < -0.39 is 5.60 Å². The number of nitrogens with zero attached hydrogens (tertiary/aromatic N) is 3. The first-order valence-electron chi connectivity index (χ1n) is 6.28. The first-order valence-corrected chi connectivity index (χ1v) is 7.07. The third-order valence-electron chi connectivity index (χ3n) is 3.52. The lowest BCUT2D eigenvalue weighted by Crippen LogP contribution is -2.31. The zero-order chi connectivity index (χ0) is 14.2. The van der Waals surface area contributed by atoms with Gasteiger partial charge in [-0.05, 0) is 40.0 Å². The second-order valence-electron chi connectivity index (χ2n) is 4.91. The van der Waals surface area contributed by atoms with Gasteiger partial charge in [-0.15, -0.1) is 0 Å². The first-order chi connectivity index (χ1) is 9.57. The highest BCUT2D eigenvalue weighted by Gasteiger charge is 2.38. The van der Waals surface area contributed by atoms with E-state index in [1.54, 1.807) is 24.5 Å². The van der Waals surface area contributed by atoms with Gasteiger partial charge < -0.3 is 10.0 Å². The molecule has 1 N–H and O–H groups in total. The monoisotopic (exact) mass is 337 g/mol. The number of aromatic nitrogens is 2. The van der Waals surface area contributed by atoms with Gasteiger partial charge in [-0.25, -0.2) is 14.4 Å². The van der Waals surface area contributed by atoms with Crippen molar-refractivity contribution < 1.29 is 9.50 Å². The summed E-state index contributed by atoms with van der Waals surface area (Å²) in [6, 6.07) is 5.99. The highest BCUT2D eigenvalue weighted by Crippen LogP contribution is 2.33. The predicted octanol–water partition coefficient (Wildman–Crippen LogP) is 2.48. The molecule has 1 unspecified atom stereocenters. The van der Waals surface area contributed by atoms with Crippen LogP contribution in [0.1, 0.15) is 12.0 Å². The normalized spacial score (nSPS) is 22.2. The molecule has 2 heterocycles. The molecule has 6 heteroatoms. The van der Waals surface area contributed by atoms with Crippen molar-refractivity contribution in [3.8, 4) is 0 Å². The molecule has 0 saturated carbocycles.